The van der Waals surface area contributed by atoms with Gasteiger partial charge < -0.3 is 5.73 Å². The Balaban J connectivity index is 2.26. The Hall–Kier alpha value is -2.50. The highest BCUT2D eigenvalue weighted by atomic mass is 15.4. The van der Waals surface area contributed by atoms with Crippen molar-refractivity contribution in [3.63, 3.8) is 0 Å². The molecule has 0 atom stereocenters. The summed E-state index contributed by atoms with van der Waals surface area (Å²) < 4.78 is 1.66. The van der Waals surface area contributed by atoms with Crippen LogP contribution < -0.4 is 5.73 Å². The molecular weight excluding hydrogens is 204 g/mol. The Morgan fingerprint density at radius 2 is 2.06 bits per heavy atom. The number of aromatic nitrogens is 5. The Morgan fingerprint density at radius 1 is 1.12 bits per heavy atom. The van der Waals surface area contributed by atoms with Gasteiger partial charge in [-0.1, -0.05) is 0 Å². The summed E-state index contributed by atoms with van der Waals surface area (Å²) in [6.45, 7) is 0. The molecule has 0 unspecified atom stereocenters. The van der Waals surface area contributed by atoms with Crippen molar-refractivity contribution in [2.75, 3.05) is 5.73 Å². The van der Waals surface area contributed by atoms with E-state index < -0.39 is 0 Å². The van der Waals surface area contributed by atoms with Gasteiger partial charge in [0.1, 0.15) is 5.82 Å². The SMILES string of the molecule is Nc1cc(-c2nnc3cccnn23)ccn1. The van der Waals surface area contributed by atoms with Crippen molar-refractivity contribution in [1.29, 1.82) is 0 Å². The second-order valence-corrected chi connectivity index (χ2v) is 3.29. The van der Waals surface area contributed by atoms with E-state index in [1.807, 2.05) is 18.2 Å². The Morgan fingerprint density at radius 3 is 2.94 bits per heavy atom. The second-order valence-electron chi connectivity index (χ2n) is 3.29. The number of hydrogen-bond donors (Lipinski definition) is 1. The van der Waals surface area contributed by atoms with Crippen LogP contribution in [0.3, 0.4) is 0 Å². The van der Waals surface area contributed by atoms with E-state index in [0.717, 1.165) is 5.56 Å². The molecule has 3 heterocycles. The van der Waals surface area contributed by atoms with E-state index in [9.17, 15) is 0 Å². The van der Waals surface area contributed by atoms with Crippen molar-refractivity contribution in [3.05, 3.63) is 36.7 Å². The third-order valence-corrected chi connectivity index (χ3v) is 2.22. The van der Waals surface area contributed by atoms with Gasteiger partial charge in [-0.3, -0.25) is 0 Å². The molecule has 6 heteroatoms. The number of nitrogens with two attached hydrogens (primary N) is 1. The molecule has 0 saturated carbocycles. The van der Waals surface area contributed by atoms with Gasteiger partial charge in [-0.05, 0) is 24.3 Å². The van der Waals surface area contributed by atoms with Crippen LogP contribution in [-0.4, -0.2) is 24.8 Å². The Bertz CT molecular complexity index is 644. The van der Waals surface area contributed by atoms with Crippen LogP contribution >= 0.6 is 0 Å². The van der Waals surface area contributed by atoms with Crippen molar-refractivity contribution in [2.24, 2.45) is 0 Å². The van der Waals surface area contributed by atoms with Crippen LogP contribution in [0.1, 0.15) is 0 Å². The number of fused-ring (bicyclic) bond motifs is 1. The lowest BCUT2D eigenvalue weighted by molar-refractivity contribution is 0.935. The molecule has 16 heavy (non-hydrogen) atoms. The highest BCUT2D eigenvalue weighted by Gasteiger charge is 2.08. The molecule has 0 aliphatic carbocycles. The molecule has 2 N–H and O–H groups in total. The molecule has 0 fully saturated rings. The van der Waals surface area contributed by atoms with E-state index in [4.69, 9.17) is 5.73 Å². The maximum absolute atomic E-state index is 5.62. The molecule has 0 aromatic carbocycles. The quantitative estimate of drug-likeness (QED) is 0.644. The molecule has 0 saturated heterocycles. The highest BCUT2D eigenvalue weighted by molar-refractivity contribution is 5.61. The monoisotopic (exact) mass is 212 g/mol. The van der Waals surface area contributed by atoms with Gasteiger partial charge in [0.2, 0.25) is 0 Å². The maximum atomic E-state index is 5.62. The smallest absolute Gasteiger partial charge is 0.185 e. The van der Waals surface area contributed by atoms with Gasteiger partial charge in [-0.25, -0.2) is 4.98 Å². The van der Waals surface area contributed by atoms with Crippen molar-refractivity contribution in [3.8, 4) is 11.4 Å². The number of pyridine rings is 1. The molecule has 3 aromatic heterocycles. The molecule has 3 rings (SSSR count). The third kappa shape index (κ3) is 1.28. The normalized spacial score (nSPS) is 10.8. The van der Waals surface area contributed by atoms with Gasteiger partial charge in [0, 0.05) is 18.0 Å². The van der Waals surface area contributed by atoms with Gasteiger partial charge in [0.15, 0.2) is 11.5 Å². The summed E-state index contributed by atoms with van der Waals surface area (Å²) in [5.41, 5.74) is 7.17. The molecule has 0 amide bonds. The molecule has 78 valence electrons. The molecule has 0 spiro atoms. The summed E-state index contributed by atoms with van der Waals surface area (Å²) in [6.07, 6.45) is 3.32. The van der Waals surface area contributed by atoms with Crippen molar-refractivity contribution < 1.29 is 0 Å². The van der Waals surface area contributed by atoms with Gasteiger partial charge >= 0.3 is 0 Å². The molecular formula is C10H8N6. The average Bonchev–Trinajstić information content (AvgIpc) is 2.72. The van der Waals surface area contributed by atoms with Gasteiger partial charge in [0.05, 0.1) is 0 Å². The second kappa shape index (κ2) is 3.27. The topological polar surface area (TPSA) is 82.0 Å². The Kier molecular flexibility index (Phi) is 1.79. The first-order valence-corrected chi connectivity index (χ1v) is 4.73. The van der Waals surface area contributed by atoms with E-state index in [2.05, 4.69) is 20.3 Å². The zero-order valence-corrected chi connectivity index (χ0v) is 8.28. The third-order valence-electron chi connectivity index (χ3n) is 2.22. The van der Waals surface area contributed by atoms with Gasteiger partial charge in [-0.2, -0.15) is 9.61 Å². The summed E-state index contributed by atoms with van der Waals surface area (Å²) in [5.74, 6) is 1.11. The van der Waals surface area contributed by atoms with Crippen LogP contribution in [0.4, 0.5) is 5.82 Å². The van der Waals surface area contributed by atoms with Crippen LogP contribution in [0, 0.1) is 0 Å². The summed E-state index contributed by atoms with van der Waals surface area (Å²) in [4.78, 5) is 3.93. The lowest BCUT2D eigenvalue weighted by Gasteiger charge is -1.98. The van der Waals surface area contributed by atoms with Gasteiger partial charge in [0.25, 0.3) is 0 Å². The first-order chi connectivity index (χ1) is 7.84. The van der Waals surface area contributed by atoms with Crippen molar-refractivity contribution in [2.45, 2.75) is 0 Å². The van der Waals surface area contributed by atoms with Crippen LogP contribution in [0.5, 0.6) is 0 Å². The summed E-state index contributed by atoms with van der Waals surface area (Å²) >= 11 is 0. The average molecular weight is 212 g/mol. The van der Waals surface area contributed by atoms with Crippen LogP contribution in [-0.2, 0) is 0 Å². The van der Waals surface area contributed by atoms with E-state index in [0.29, 0.717) is 17.3 Å². The summed E-state index contributed by atoms with van der Waals surface area (Å²) in [5, 5.41) is 12.3. The predicted molar refractivity (Wildman–Crippen MR) is 58.4 cm³/mol. The van der Waals surface area contributed by atoms with E-state index in [-0.39, 0.29) is 0 Å². The molecule has 0 aliphatic heterocycles. The molecule has 6 nitrogen and oxygen atoms in total. The Labute approximate surface area is 90.8 Å². The minimum absolute atomic E-state index is 0.449. The van der Waals surface area contributed by atoms with E-state index in [1.165, 1.54) is 0 Å². The zero-order chi connectivity index (χ0) is 11.0. The lowest BCUT2D eigenvalue weighted by atomic mass is 10.2. The predicted octanol–water partition coefficient (Wildman–Crippen LogP) is 0.768. The summed E-state index contributed by atoms with van der Waals surface area (Å²) in [7, 11) is 0. The fraction of sp³-hybridized carbons (Fsp3) is 0. The fourth-order valence-electron chi connectivity index (χ4n) is 1.51. The first kappa shape index (κ1) is 8.78. The first-order valence-electron chi connectivity index (χ1n) is 4.73. The standard InChI is InChI=1S/C10H8N6/c11-8-6-7(3-5-12-8)10-15-14-9-2-1-4-13-16(9)10/h1-6H,(H2,11,12). The molecule has 0 radical (unpaired) electrons. The lowest BCUT2D eigenvalue weighted by Crippen LogP contribution is -1.95. The number of nitrogen functional groups attached to an aromatic ring is 1. The number of rotatable bonds is 1. The fourth-order valence-corrected chi connectivity index (χ4v) is 1.51. The zero-order valence-electron chi connectivity index (χ0n) is 8.28. The number of anilines is 1. The highest BCUT2D eigenvalue weighted by Crippen LogP contribution is 2.17. The minimum atomic E-state index is 0.449. The summed E-state index contributed by atoms with van der Waals surface area (Å²) in [6, 6.07) is 7.22. The molecule has 3 aromatic rings. The number of hydrogen-bond acceptors (Lipinski definition) is 5. The van der Waals surface area contributed by atoms with Crippen LogP contribution in [0.25, 0.3) is 17.0 Å². The van der Waals surface area contributed by atoms with Crippen LogP contribution in [0.2, 0.25) is 0 Å². The maximum Gasteiger partial charge on any atom is 0.185 e. The van der Waals surface area contributed by atoms with Gasteiger partial charge in [-0.15, -0.1) is 10.2 Å². The van der Waals surface area contributed by atoms with E-state index >= 15 is 0 Å². The minimum Gasteiger partial charge on any atom is -0.384 e. The molecule has 0 aliphatic rings. The number of nitrogens with zero attached hydrogens (tertiary/aromatic N) is 5. The molecule has 0 bridgehead atoms. The van der Waals surface area contributed by atoms with Crippen LogP contribution in [0.15, 0.2) is 36.7 Å². The van der Waals surface area contributed by atoms with Crippen molar-refractivity contribution in [1.82, 2.24) is 24.8 Å². The van der Waals surface area contributed by atoms with E-state index in [1.54, 1.807) is 23.0 Å². The largest absolute Gasteiger partial charge is 0.384 e. The van der Waals surface area contributed by atoms with Crippen molar-refractivity contribution >= 4 is 11.5 Å².